The highest BCUT2D eigenvalue weighted by Crippen LogP contribution is 2.23. The van der Waals surface area contributed by atoms with Crippen molar-refractivity contribution in [2.45, 2.75) is 85.5 Å². The Hall–Kier alpha value is -2.50. The summed E-state index contributed by atoms with van der Waals surface area (Å²) in [6.45, 7) is 9.65. The average molecular weight is 449 g/mol. The zero-order chi connectivity index (χ0) is 24.9. The van der Waals surface area contributed by atoms with Crippen molar-refractivity contribution in [2.75, 3.05) is 20.6 Å². The lowest BCUT2D eigenvalue weighted by Gasteiger charge is -2.20. The van der Waals surface area contributed by atoms with E-state index in [0.29, 0.717) is 6.42 Å². The fraction of sp³-hybridized carbons (Fsp3) is 0.615. The number of nitrogens with one attached hydrogen (secondary N) is 1. The van der Waals surface area contributed by atoms with E-state index in [-0.39, 0.29) is 30.6 Å². The van der Waals surface area contributed by atoms with Gasteiger partial charge in [0.1, 0.15) is 5.78 Å². The molecule has 0 saturated heterocycles. The first-order valence-electron chi connectivity index (χ1n) is 11.7. The van der Waals surface area contributed by atoms with Crippen LogP contribution in [0.4, 0.5) is 0 Å². The summed E-state index contributed by atoms with van der Waals surface area (Å²) in [6.07, 6.45) is 6.28. The van der Waals surface area contributed by atoms with E-state index in [2.05, 4.69) is 26.1 Å². The van der Waals surface area contributed by atoms with E-state index in [0.717, 1.165) is 31.2 Å². The molecule has 0 aliphatic rings. The van der Waals surface area contributed by atoms with Crippen LogP contribution in [0.5, 0.6) is 0 Å². The van der Waals surface area contributed by atoms with Gasteiger partial charge in [0.2, 0.25) is 11.7 Å². The van der Waals surface area contributed by atoms with Gasteiger partial charge >= 0.3 is 0 Å². The van der Waals surface area contributed by atoms with Crippen molar-refractivity contribution in [2.24, 2.45) is 0 Å². The van der Waals surface area contributed by atoms with Crippen LogP contribution in [0.2, 0.25) is 0 Å². The van der Waals surface area contributed by atoms with Gasteiger partial charge in [0.25, 0.3) is 5.91 Å². The number of likely N-dealkylation sites (N-methyl/N-ethyl adjacent to an activating group) is 1. The van der Waals surface area contributed by atoms with Crippen LogP contribution in [-0.2, 0) is 19.2 Å². The lowest BCUT2D eigenvalue weighted by molar-refractivity contribution is -0.138. The fourth-order valence-electron chi connectivity index (χ4n) is 2.59. The molecule has 0 fully saturated rings. The normalized spacial score (nSPS) is 10.5. The van der Waals surface area contributed by atoms with E-state index in [1.807, 2.05) is 51.4 Å². The van der Waals surface area contributed by atoms with Gasteiger partial charge in [-0.2, -0.15) is 0 Å². The number of amides is 2. The van der Waals surface area contributed by atoms with Gasteiger partial charge in [0.05, 0.1) is 12.5 Å². The third-order valence-corrected chi connectivity index (χ3v) is 4.30. The van der Waals surface area contributed by atoms with Gasteiger partial charge in [-0.1, -0.05) is 83.7 Å². The summed E-state index contributed by atoms with van der Waals surface area (Å²) in [6, 6.07) is 10.1. The van der Waals surface area contributed by atoms with E-state index < -0.39 is 11.7 Å². The highest BCUT2D eigenvalue weighted by Gasteiger charge is 2.21. The van der Waals surface area contributed by atoms with E-state index in [1.54, 1.807) is 4.90 Å². The molecule has 0 aliphatic carbocycles. The number of carbonyl (C=O) groups is 4. The third-order valence-electron chi connectivity index (χ3n) is 4.30. The van der Waals surface area contributed by atoms with Crippen LogP contribution in [0.25, 0.3) is 0 Å². The number of hydrogen-bond acceptors (Lipinski definition) is 4. The molecule has 0 heterocycles. The molecule has 1 atom stereocenters. The largest absolute Gasteiger partial charge is 0.348 e. The van der Waals surface area contributed by atoms with Crippen molar-refractivity contribution >= 4 is 23.4 Å². The van der Waals surface area contributed by atoms with Gasteiger partial charge in [-0.05, 0) is 25.3 Å². The van der Waals surface area contributed by atoms with Crippen LogP contribution in [0, 0.1) is 0 Å². The molecule has 2 amide bonds. The molecular formula is C26H44N2O4. The highest BCUT2D eigenvalue weighted by molar-refractivity contribution is 6.36. The summed E-state index contributed by atoms with van der Waals surface area (Å²) in [5.74, 6) is -1.01. The first kappa shape index (κ1) is 31.7. The Morgan fingerprint density at radius 2 is 1.44 bits per heavy atom. The zero-order valence-electron chi connectivity index (χ0n) is 21.2. The summed E-state index contributed by atoms with van der Waals surface area (Å²) < 4.78 is 0. The molecule has 6 heteroatoms. The molecule has 1 N–H and O–H groups in total. The quantitative estimate of drug-likeness (QED) is 0.487. The Morgan fingerprint density at radius 1 is 0.906 bits per heavy atom. The second-order valence-electron chi connectivity index (χ2n) is 7.96. The van der Waals surface area contributed by atoms with Crippen molar-refractivity contribution in [3.8, 4) is 0 Å². The van der Waals surface area contributed by atoms with Crippen LogP contribution in [0.3, 0.4) is 0 Å². The molecule has 0 saturated carbocycles. The minimum Gasteiger partial charge on any atom is -0.348 e. The predicted octanol–water partition coefficient (Wildman–Crippen LogP) is 4.92. The Balaban J connectivity index is 0. The number of carbonyl (C=O) groups excluding carboxylic acids is 4. The average Bonchev–Trinajstić information content (AvgIpc) is 2.77. The molecule has 182 valence electrons. The summed E-state index contributed by atoms with van der Waals surface area (Å²) in [5.41, 5.74) is 1.13. The van der Waals surface area contributed by atoms with Crippen molar-refractivity contribution in [1.82, 2.24) is 10.2 Å². The number of rotatable bonds is 11. The van der Waals surface area contributed by atoms with Crippen LogP contribution in [0.15, 0.2) is 30.3 Å². The van der Waals surface area contributed by atoms with Crippen LogP contribution < -0.4 is 5.32 Å². The zero-order valence-corrected chi connectivity index (χ0v) is 21.2. The fourth-order valence-corrected chi connectivity index (χ4v) is 2.59. The summed E-state index contributed by atoms with van der Waals surface area (Å²) >= 11 is 0. The number of ketones is 2. The van der Waals surface area contributed by atoms with E-state index in [9.17, 15) is 19.2 Å². The molecular weight excluding hydrogens is 404 g/mol. The molecule has 6 nitrogen and oxygen atoms in total. The maximum atomic E-state index is 12.1. The number of Topliss-reactive ketones (excluding diaryl/α,β-unsaturated/α-hetero) is 2. The van der Waals surface area contributed by atoms with E-state index in [4.69, 9.17) is 0 Å². The number of hydrogen-bond donors (Lipinski definition) is 1. The maximum Gasteiger partial charge on any atom is 0.287 e. The van der Waals surface area contributed by atoms with Crippen LogP contribution >= 0.6 is 0 Å². The smallest absolute Gasteiger partial charge is 0.287 e. The molecule has 1 rings (SSSR count). The molecule has 0 aliphatic heterocycles. The van der Waals surface area contributed by atoms with Crippen molar-refractivity contribution in [3.05, 3.63) is 35.9 Å². The molecule has 32 heavy (non-hydrogen) atoms. The topological polar surface area (TPSA) is 83.5 Å². The van der Waals surface area contributed by atoms with Gasteiger partial charge in [0, 0.05) is 20.5 Å². The van der Waals surface area contributed by atoms with Gasteiger partial charge in [-0.25, -0.2) is 0 Å². The Morgan fingerprint density at radius 3 is 1.88 bits per heavy atom. The van der Waals surface area contributed by atoms with Gasteiger partial charge in [0.15, 0.2) is 0 Å². The molecule has 0 aromatic heterocycles. The second kappa shape index (κ2) is 20.4. The summed E-state index contributed by atoms with van der Waals surface area (Å²) in [7, 11) is 3.65. The van der Waals surface area contributed by atoms with E-state index in [1.165, 1.54) is 13.3 Å². The molecule has 0 radical (unpaired) electrons. The van der Waals surface area contributed by atoms with Gasteiger partial charge in [-0.3, -0.25) is 19.2 Å². The van der Waals surface area contributed by atoms with E-state index >= 15 is 0 Å². The standard InChI is InChI=1S/C14H21NO.C9H15NO3.C3H8/c1-4-5-11-13(14(16)15(2)3)12-9-7-6-8-10-12;1-3-4-5-8(12)9(13)10-6-7(2)11;1-3-2/h6-10,13H,4-5,11H2,1-3H3;3-6H2,1-2H3,(H,10,13);3H2,1-2H3. The Kier molecular flexibility index (Phi) is 20.2. The van der Waals surface area contributed by atoms with Crippen LogP contribution in [-0.4, -0.2) is 48.9 Å². The van der Waals surface area contributed by atoms with Crippen molar-refractivity contribution in [1.29, 1.82) is 0 Å². The minimum atomic E-state index is -0.649. The molecule has 0 spiro atoms. The Labute approximate surface area is 195 Å². The minimum absolute atomic E-state index is 0.0242. The van der Waals surface area contributed by atoms with Crippen molar-refractivity contribution in [3.63, 3.8) is 0 Å². The molecule has 1 aromatic rings. The highest BCUT2D eigenvalue weighted by atomic mass is 16.2. The Bertz CT molecular complexity index is 657. The van der Waals surface area contributed by atoms with Gasteiger partial charge in [-0.15, -0.1) is 0 Å². The summed E-state index contributed by atoms with van der Waals surface area (Å²) in [4.78, 5) is 46.2. The van der Waals surface area contributed by atoms with Gasteiger partial charge < -0.3 is 10.2 Å². The third kappa shape index (κ3) is 16.2. The first-order chi connectivity index (χ1) is 15.2. The molecule has 0 bridgehead atoms. The molecule has 1 unspecified atom stereocenters. The summed E-state index contributed by atoms with van der Waals surface area (Å²) in [5, 5.41) is 2.25. The number of unbranched alkanes of at least 4 members (excludes halogenated alkanes) is 2. The number of nitrogens with zero attached hydrogens (tertiary/aromatic N) is 1. The lowest BCUT2D eigenvalue weighted by atomic mass is 9.92. The second-order valence-corrected chi connectivity index (χ2v) is 7.96. The lowest BCUT2D eigenvalue weighted by Crippen LogP contribution is -2.34. The SMILES string of the molecule is CCC.CCCCC(=O)C(=O)NCC(C)=O.CCCCC(C(=O)N(C)C)c1ccccc1. The first-order valence-corrected chi connectivity index (χ1v) is 11.7. The monoisotopic (exact) mass is 448 g/mol. The predicted molar refractivity (Wildman–Crippen MR) is 132 cm³/mol. The maximum absolute atomic E-state index is 12.1. The molecule has 1 aromatic carbocycles. The number of benzene rings is 1. The van der Waals surface area contributed by atoms with Crippen molar-refractivity contribution < 1.29 is 19.2 Å². The van der Waals surface area contributed by atoms with Crippen LogP contribution in [0.1, 0.15) is 91.0 Å².